The summed E-state index contributed by atoms with van der Waals surface area (Å²) in [6, 6.07) is 13.8. The minimum absolute atomic E-state index is 0.0187. The molecule has 2 aromatic carbocycles. The van der Waals surface area contributed by atoms with Crippen molar-refractivity contribution in [3.63, 3.8) is 0 Å². The van der Waals surface area contributed by atoms with E-state index < -0.39 is 0 Å². The molecule has 0 aliphatic carbocycles. The van der Waals surface area contributed by atoms with Gasteiger partial charge in [0.1, 0.15) is 24.4 Å². The molecule has 180 valence electrons. The van der Waals surface area contributed by atoms with Crippen LogP contribution in [0.3, 0.4) is 0 Å². The summed E-state index contributed by atoms with van der Waals surface area (Å²) in [4.78, 5) is 25.5. The third-order valence-electron chi connectivity index (χ3n) is 5.44. The van der Waals surface area contributed by atoms with Crippen LogP contribution < -0.4 is 15.4 Å². The molecule has 1 aliphatic rings. The predicted octanol–water partition coefficient (Wildman–Crippen LogP) is 4.91. The number of amides is 1. The van der Waals surface area contributed by atoms with Gasteiger partial charge < -0.3 is 20.1 Å². The monoisotopic (exact) mass is 497 g/mol. The third kappa shape index (κ3) is 5.35. The maximum Gasteiger partial charge on any atom is 0.246 e. The van der Waals surface area contributed by atoms with Gasteiger partial charge in [0, 0.05) is 31.5 Å². The fraction of sp³-hybridized carbons (Fsp3) is 0.185. The number of rotatable bonds is 7. The quantitative estimate of drug-likeness (QED) is 0.352. The van der Waals surface area contributed by atoms with E-state index in [0.29, 0.717) is 5.82 Å². The van der Waals surface area contributed by atoms with Crippen molar-refractivity contribution in [2.75, 3.05) is 25.6 Å². The van der Waals surface area contributed by atoms with E-state index in [1.54, 1.807) is 0 Å². The lowest BCUT2D eigenvalue weighted by atomic mass is 10.1. The summed E-state index contributed by atoms with van der Waals surface area (Å²) >= 11 is 1.50. The Balaban J connectivity index is 1.29. The number of aliphatic imine (C=N–C) groups is 1. The van der Waals surface area contributed by atoms with Crippen molar-refractivity contribution in [2.24, 2.45) is 4.99 Å². The number of hydrogen-bond acceptors (Lipinski definition) is 8. The fourth-order valence-electron chi connectivity index (χ4n) is 3.71. The van der Waals surface area contributed by atoms with Crippen LogP contribution >= 0.6 is 11.3 Å². The van der Waals surface area contributed by atoms with Crippen molar-refractivity contribution < 1.29 is 14.3 Å². The highest BCUT2D eigenvalue weighted by Crippen LogP contribution is 2.34. The summed E-state index contributed by atoms with van der Waals surface area (Å²) < 4.78 is 11.8. The molecular weight excluding hydrogens is 474 g/mol. The van der Waals surface area contributed by atoms with Crippen molar-refractivity contribution in [1.82, 2.24) is 15.3 Å². The van der Waals surface area contributed by atoms with E-state index in [2.05, 4.69) is 43.5 Å². The van der Waals surface area contributed by atoms with Crippen LogP contribution in [0.25, 0.3) is 10.2 Å². The van der Waals surface area contributed by atoms with Crippen molar-refractivity contribution in [3.8, 4) is 23.3 Å². The largest absolute Gasteiger partial charge is 0.457 e. The summed E-state index contributed by atoms with van der Waals surface area (Å²) in [5.74, 6) is 8.07. The first-order valence-corrected chi connectivity index (χ1v) is 12.1. The van der Waals surface area contributed by atoms with Gasteiger partial charge in [0.2, 0.25) is 5.91 Å². The van der Waals surface area contributed by atoms with Crippen LogP contribution in [0.4, 0.5) is 17.2 Å². The number of fused-ring (bicyclic) bond motifs is 2. The summed E-state index contributed by atoms with van der Waals surface area (Å²) in [5.41, 5.74) is 4.86. The van der Waals surface area contributed by atoms with E-state index in [9.17, 15) is 4.79 Å². The number of anilines is 2. The fourth-order valence-corrected chi connectivity index (χ4v) is 4.64. The van der Waals surface area contributed by atoms with Gasteiger partial charge in [-0.3, -0.25) is 9.79 Å². The van der Waals surface area contributed by atoms with Gasteiger partial charge in [-0.2, -0.15) is 0 Å². The lowest BCUT2D eigenvalue weighted by Crippen LogP contribution is -2.27. The number of benzene rings is 2. The average molecular weight is 498 g/mol. The number of methoxy groups -OCH3 is 1. The van der Waals surface area contributed by atoms with Gasteiger partial charge in [0.15, 0.2) is 5.82 Å². The number of thiophene rings is 1. The molecule has 0 saturated heterocycles. The Labute approximate surface area is 212 Å². The van der Waals surface area contributed by atoms with Crippen LogP contribution in [0.5, 0.6) is 11.5 Å². The number of ether oxygens (including phenoxy) is 2. The molecule has 36 heavy (non-hydrogen) atoms. The Kier molecular flexibility index (Phi) is 6.89. The zero-order chi connectivity index (χ0) is 24.9. The molecule has 3 heterocycles. The third-order valence-corrected chi connectivity index (χ3v) is 6.48. The number of carbonyl (C=O) groups is 1. The van der Waals surface area contributed by atoms with Crippen molar-refractivity contribution in [2.45, 2.75) is 13.3 Å². The summed E-state index contributed by atoms with van der Waals surface area (Å²) in [7, 11) is 1.48. The number of nitrogens with zero attached hydrogens (tertiary/aromatic N) is 3. The van der Waals surface area contributed by atoms with Gasteiger partial charge in [0.05, 0.1) is 27.3 Å². The van der Waals surface area contributed by atoms with E-state index >= 15 is 0 Å². The average Bonchev–Trinajstić information content (AvgIpc) is 3.51. The Morgan fingerprint density at radius 3 is 2.94 bits per heavy atom. The summed E-state index contributed by atoms with van der Waals surface area (Å²) in [5, 5.41) is 6.07. The topological polar surface area (TPSA) is 97.7 Å². The van der Waals surface area contributed by atoms with Gasteiger partial charge >= 0.3 is 0 Å². The van der Waals surface area contributed by atoms with Crippen LogP contribution in [-0.2, 0) is 16.0 Å². The normalized spacial score (nSPS) is 11.6. The van der Waals surface area contributed by atoms with Crippen LogP contribution in [0, 0.1) is 18.8 Å². The first-order chi connectivity index (χ1) is 17.6. The maximum absolute atomic E-state index is 11.4. The highest BCUT2D eigenvalue weighted by atomic mass is 32.1. The number of carbonyl (C=O) groups excluding carboxylic acids is 1. The van der Waals surface area contributed by atoms with Crippen LogP contribution in [-0.4, -0.2) is 42.4 Å². The maximum atomic E-state index is 11.4. The second-order valence-corrected chi connectivity index (χ2v) is 9.12. The van der Waals surface area contributed by atoms with Crippen LogP contribution in [0.1, 0.15) is 16.0 Å². The molecule has 0 radical (unpaired) electrons. The zero-order valence-electron chi connectivity index (χ0n) is 19.8. The Hall–Kier alpha value is -4.26. The van der Waals surface area contributed by atoms with Gasteiger partial charge in [0.25, 0.3) is 0 Å². The number of nitrogens with one attached hydrogen (secondary N) is 2. The second-order valence-electron chi connectivity index (χ2n) is 8.07. The van der Waals surface area contributed by atoms with Gasteiger partial charge in [-0.25, -0.2) is 9.97 Å². The highest BCUT2D eigenvalue weighted by Gasteiger charge is 2.11. The van der Waals surface area contributed by atoms with Crippen molar-refractivity contribution >= 4 is 50.9 Å². The molecule has 5 rings (SSSR count). The molecule has 9 heteroatoms. The van der Waals surface area contributed by atoms with E-state index in [0.717, 1.165) is 50.0 Å². The molecule has 0 atom stereocenters. The SMILES string of the molecule is COCC(=O)NCC#Cc1cc2ncnc(Nc3ccc(Oc4ccc5c(c4)N=CC5)c(C)c3)c2s1. The summed E-state index contributed by atoms with van der Waals surface area (Å²) in [6.07, 6.45) is 4.31. The minimum atomic E-state index is -0.200. The molecule has 0 unspecified atom stereocenters. The van der Waals surface area contributed by atoms with E-state index in [1.807, 2.05) is 49.5 Å². The number of aryl methyl sites for hydroxylation is 1. The first kappa shape index (κ1) is 23.5. The van der Waals surface area contributed by atoms with Crippen LogP contribution in [0.2, 0.25) is 0 Å². The van der Waals surface area contributed by atoms with Gasteiger partial charge in [-0.1, -0.05) is 17.9 Å². The van der Waals surface area contributed by atoms with Crippen molar-refractivity contribution in [3.05, 3.63) is 64.8 Å². The van der Waals surface area contributed by atoms with E-state index in [-0.39, 0.29) is 19.1 Å². The highest BCUT2D eigenvalue weighted by molar-refractivity contribution is 7.20. The molecule has 1 amide bonds. The molecule has 0 fully saturated rings. The van der Waals surface area contributed by atoms with Gasteiger partial charge in [-0.05, 0) is 48.4 Å². The molecule has 8 nitrogen and oxygen atoms in total. The standard InChI is InChI=1S/C27H23N5O3S/c1-17-12-19(6-8-24(17)35-20-7-5-18-9-11-28-22(18)13-20)32-27-26-23(30-16-31-27)14-21(36-26)4-3-10-29-25(33)15-34-2/h5-8,11-14,16H,9-10,15H2,1-2H3,(H,29,33)(H,30,31,32). The molecule has 0 saturated carbocycles. The molecule has 4 aromatic rings. The predicted molar refractivity (Wildman–Crippen MR) is 142 cm³/mol. The Morgan fingerprint density at radius 1 is 1.17 bits per heavy atom. The molecule has 0 spiro atoms. The lowest BCUT2D eigenvalue weighted by Gasteiger charge is -2.12. The first-order valence-electron chi connectivity index (χ1n) is 11.3. The smallest absolute Gasteiger partial charge is 0.246 e. The van der Waals surface area contributed by atoms with E-state index in [4.69, 9.17) is 9.47 Å². The zero-order valence-corrected chi connectivity index (χ0v) is 20.6. The second kappa shape index (κ2) is 10.6. The summed E-state index contributed by atoms with van der Waals surface area (Å²) in [6.45, 7) is 2.27. The Morgan fingerprint density at radius 2 is 2.08 bits per heavy atom. The molecule has 0 bridgehead atoms. The molecule has 2 aromatic heterocycles. The molecular formula is C27H23N5O3S. The minimum Gasteiger partial charge on any atom is -0.457 e. The lowest BCUT2D eigenvalue weighted by molar-refractivity contribution is -0.124. The number of hydrogen-bond donors (Lipinski definition) is 2. The molecule has 2 N–H and O–H groups in total. The van der Waals surface area contributed by atoms with Gasteiger partial charge in [-0.15, -0.1) is 11.3 Å². The Bertz CT molecular complexity index is 1530. The number of aromatic nitrogens is 2. The molecule has 1 aliphatic heterocycles. The van der Waals surface area contributed by atoms with Crippen molar-refractivity contribution in [1.29, 1.82) is 0 Å². The van der Waals surface area contributed by atoms with E-state index in [1.165, 1.54) is 30.3 Å². The van der Waals surface area contributed by atoms with Crippen LogP contribution in [0.15, 0.2) is 53.8 Å².